The molecule has 2 rings (SSSR count). The van der Waals surface area contributed by atoms with Gasteiger partial charge in [-0.15, -0.1) is 0 Å². The lowest BCUT2D eigenvalue weighted by molar-refractivity contribution is -0.148. The van der Waals surface area contributed by atoms with Crippen molar-refractivity contribution >= 4 is 27.8 Å². The normalized spacial score (nSPS) is 21.6. The maximum atomic E-state index is 12.6. The first-order valence-electron chi connectivity index (χ1n) is 6.48. The Morgan fingerprint density at radius 2 is 2.20 bits per heavy atom. The van der Waals surface area contributed by atoms with Crippen molar-refractivity contribution in [2.24, 2.45) is 5.41 Å². The number of carboxylic acid groups (broad SMARTS) is 1. The molecule has 1 aromatic rings. The molecule has 1 unspecified atom stereocenters. The lowest BCUT2D eigenvalue weighted by Crippen LogP contribution is -2.56. The molecule has 0 bridgehead atoms. The largest absolute Gasteiger partial charge is 0.480 e. The van der Waals surface area contributed by atoms with E-state index in [9.17, 15) is 14.7 Å². The van der Waals surface area contributed by atoms with E-state index in [0.29, 0.717) is 16.7 Å². The summed E-state index contributed by atoms with van der Waals surface area (Å²) in [5, 5.41) is 9.48. The van der Waals surface area contributed by atoms with Gasteiger partial charge in [-0.2, -0.15) is 0 Å². The summed E-state index contributed by atoms with van der Waals surface area (Å²) in [6, 6.07) is 2.42. The van der Waals surface area contributed by atoms with Gasteiger partial charge in [0.15, 0.2) is 0 Å². The van der Waals surface area contributed by atoms with Crippen molar-refractivity contribution in [1.82, 2.24) is 9.88 Å². The van der Waals surface area contributed by atoms with Gasteiger partial charge in [0.1, 0.15) is 10.6 Å². The van der Waals surface area contributed by atoms with Crippen LogP contribution in [0.2, 0.25) is 0 Å². The second-order valence-electron chi connectivity index (χ2n) is 5.70. The number of nitrogens with zero attached hydrogens (tertiary/aromatic N) is 2. The summed E-state index contributed by atoms with van der Waals surface area (Å²) >= 11 is 3.22. The first-order valence-corrected chi connectivity index (χ1v) is 7.27. The van der Waals surface area contributed by atoms with Crippen LogP contribution in [0.15, 0.2) is 22.9 Å². The highest BCUT2D eigenvalue weighted by Crippen LogP contribution is 2.36. The van der Waals surface area contributed by atoms with Crippen molar-refractivity contribution in [2.45, 2.75) is 32.7 Å². The van der Waals surface area contributed by atoms with Crippen molar-refractivity contribution < 1.29 is 14.7 Å². The Morgan fingerprint density at radius 1 is 1.50 bits per heavy atom. The van der Waals surface area contributed by atoms with Gasteiger partial charge in [-0.05, 0) is 46.3 Å². The lowest BCUT2D eigenvalue weighted by atomic mass is 9.76. The molecule has 1 saturated heterocycles. The summed E-state index contributed by atoms with van der Waals surface area (Å²) in [6.07, 6.45) is 3.14. The first-order chi connectivity index (χ1) is 9.33. The van der Waals surface area contributed by atoms with E-state index in [2.05, 4.69) is 20.9 Å². The molecule has 0 radical (unpaired) electrons. The highest BCUT2D eigenvalue weighted by molar-refractivity contribution is 9.10. The first kappa shape index (κ1) is 15.0. The zero-order valence-electron chi connectivity index (χ0n) is 11.5. The second kappa shape index (κ2) is 5.52. The van der Waals surface area contributed by atoms with E-state index in [1.54, 1.807) is 12.1 Å². The van der Waals surface area contributed by atoms with E-state index < -0.39 is 17.4 Å². The van der Waals surface area contributed by atoms with E-state index in [4.69, 9.17) is 0 Å². The zero-order valence-corrected chi connectivity index (χ0v) is 13.1. The molecule has 1 aliphatic rings. The maximum absolute atomic E-state index is 12.6. The van der Waals surface area contributed by atoms with Crippen molar-refractivity contribution in [2.75, 3.05) is 6.54 Å². The van der Waals surface area contributed by atoms with Crippen LogP contribution in [0.1, 0.15) is 37.0 Å². The molecule has 1 fully saturated rings. The molecular weight excluding hydrogens is 324 g/mol. The third-order valence-corrected chi connectivity index (χ3v) is 4.17. The Hall–Kier alpha value is -1.43. The lowest BCUT2D eigenvalue weighted by Gasteiger charge is -2.44. The summed E-state index contributed by atoms with van der Waals surface area (Å²) < 4.78 is 0.562. The molecule has 6 heteroatoms. The average Bonchev–Trinajstić information content (AvgIpc) is 2.35. The van der Waals surface area contributed by atoms with E-state index in [0.717, 1.165) is 12.8 Å². The summed E-state index contributed by atoms with van der Waals surface area (Å²) in [5.74, 6) is -1.20. The molecule has 1 aromatic heterocycles. The van der Waals surface area contributed by atoms with E-state index in [1.165, 1.54) is 11.1 Å². The summed E-state index contributed by atoms with van der Waals surface area (Å²) in [6.45, 7) is 4.26. The van der Waals surface area contributed by atoms with Gasteiger partial charge in [0, 0.05) is 18.3 Å². The number of halogens is 1. The number of aliphatic carboxylic acids is 1. The van der Waals surface area contributed by atoms with Crippen LogP contribution in [0, 0.1) is 5.41 Å². The molecule has 1 atom stereocenters. The van der Waals surface area contributed by atoms with Crippen LogP contribution in [0.4, 0.5) is 0 Å². The molecule has 1 amide bonds. The fourth-order valence-electron chi connectivity index (χ4n) is 2.78. The van der Waals surface area contributed by atoms with E-state index in [1.807, 2.05) is 13.8 Å². The van der Waals surface area contributed by atoms with Crippen LogP contribution < -0.4 is 0 Å². The fraction of sp³-hybridized carbons (Fsp3) is 0.500. The fourth-order valence-corrected chi connectivity index (χ4v) is 3.15. The van der Waals surface area contributed by atoms with Gasteiger partial charge in [0.2, 0.25) is 0 Å². The van der Waals surface area contributed by atoms with Crippen LogP contribution in [0.3, 0.4) is 0 Å². The number of likely N-dealkylation sites (tertiary alicyclic amines) is 1. The summed E-state index contributed by atoms with van der Waals surface area (Å²) in [7, 11) is 0. The Bertz CT molecular complexity index is 545. The molecular formula is C14H17BrN2O3. The van der Waals surface area contributed by atoms with Crippen LogP contribution in [0.25, 0.3) is 0 Å². The summed E-state index contributed by atoms with van der Waals surface area (Å²) in [4.78, 5) is 29.6. The highest BCUT2D eigenvalue weighted by atomic mass is 79.9. The van der Waals surface area contributed by atoms with Crippen molar-refractivity contribution in [1.29, 1.82) is 0 Å². The molecule has 1 aliphatic heterocycles. The Kier molecular flexibility index (Phi) is 4.13. The summed E-state index contributed by atoms with van der Waals surface area (Å²) in [5.41, 5.74) is 0.0279. The number of hydrogen-bond acceptors (Lipinski definition) is 3. The minimum absolute atomic E-state index is 0.256. The average molecular weight is 341 g/mol. The van der Waals surface area contributed by atoms with Crippen molar-refractivity contribution in [3.63, 3.8) is 0 Å². The number of hydrogen-bond donors (Lipinski definition) is 1. The smallest absolute Gasteiger partial charge is 0.326 e. The minimum Gasteiger partial charge on any atom is -0.480 e. The highest BCUT2D eigenvalue weighted by Gasteiger charge is 2.44. The number of amides is 1. The van der Waals surface area contributed by atoms with Crippen molar-refractivity contribution in [3.05, 3.63) is 28.5 Å². The molecule has 0 saturated carbocycles. The topological polar surface area (TPSA) is 70.5 Å². The van der Waals surface area contributed by atoms with Crippen LogP contribution in [-0.4, -0.2) is 39.5 Å². The number of rotatable bonds is 2. The second-order valence-corrected chi connectivity index (χ2v) is 6.51. The molecule has 108 valence electrons. The predicted octanol–water partition coefficient (Wildman–Crippen LogP) is 2.56. The number of aromatic nitrogens is 1. The maximum Gasteiger partial charge on any atom is 0.326 e. The molecule has 1 N–H and O–H groups in total. The third kappa shape index (κ3) is 2.85. The van der Waals surface area contributed by atoms with Crippen molar-refractivity contribution in [3.8, 4) is 0 Å². The number of piperidine rings is 1. The molecule has 20 heavy (non-hydrogen) atoms. The number of pyridine rings is 1. The molecule has 2 heterocycles. The van der Waals surface area contributed by atoms with Gasteiger partial charge in [0.25, 0.3) is 5.91 Å². The molecule has 5 nitrogen and oxygen atoms in total. The van der Waals surface area contributed by atoms with Gasteiger partial charge in [-0.3, -0.25) is 4.79 Å². The van der Waals surface area contributed by atoms with Gasteiger partial charge in [-0.1, -0.05) is 13.8 Å². The molecule has 0 aromatic carbocycles. The predicted molar refractivity (Wildman–Crippen MR) is 77.4 cm³/mol. The SMILES string of the molecule is CC1(C)CCCN(C(=O)c2ccnc(Br)c2)C1C(=O)O. The number of carbonyl (C=O) groups excluding carboxylic acids is 1. The number of carboxylic acids is 1. The van der Waals surface area contributed by atoms with Crippen LogP contribution in [-0.2, 0) is 4.79 Å². The molecule has 0 aliphatic carbocycles. The molecule has 0 spiro atoms. The minimum atomic E-state index is -0.948. The Labute approximate surface area is 126 Å². The van der Waals surface area contributed by atoms with E-state index >= 15 is 0 Å². The zero-order chi connectivity index (χ0) is 14.9. The van der Waals surface area contributed by atoms with Crippen LogP contribution >= 0.6 is 15.9 Å². The number of carbonyl (C=O) groups is 2. The van der Waals surface area contributed by atoms with Gasteiger partial charge < -0.3 is 10.0 Å². The van der Waals surface area contributed by atoms with Gasteiger partial charge in [0.05, 0.1) is 0 Å². The van der Waals surface area contributed by atoms with E-state index in [-0.39, 0.29) is 5.91 Å². The Morgan fingerprint density at radius 3 is 2.80 bits per heavy atom. The van der Waals surface area contributed by atoms with Gasteiger partial charge >= 0.3 is 5.97 Å². The quantitative estimate of drug-likeness (QED) is 0.840. The Balaban J connectivity index is 2.34. The third-order valence-electron chi connectivity index (χ3n) is 3.74. The monoisotopic (exact) mass is 340 g/mol. The van der Waals surface area contributed by atoms with Gasteiger partial charge in [-0.25, -0.2) is 9.78 Å². The standard InChI is InChI=1S/C14H17BrN2O3/c1-14(2)5-3-7-17(11(14)13(19)20)12(18)9-4-6-16-10(15)8-9/h4,6,8,11H,3,5,7H2,1-2H3,(H,19,20). The van der Waals surface area contributed by atoms with Crippen LogP contribution in [0.5, 0.6) is 0 Å².